The van der Waals surface area contributed by atoms with Crippen molar-refractivity contribution in [2.45, 2.75) is 24.9 Å². The molecule has 0 aliphatic rings. The van der Waals surface area contributed by atoms with Gasteiger partial charge >= 0.3 is 5.97 Å². The van der Waals surface area contributed by atoms with Crippen LogP contribution in [0.2, 0.25) is 0 Å². The average molecular weight is 593 g/mol. The zero-order valence-corrected chi connectivity index (χ0v) is 22.9. The molecule has 0 saturated carbocycles. The number of aryl methyl sites for hydroxylation is 1. The SMILES string of the molecule is CCn1cc(-c2ccncc2)c(-c2cc(N(Cc3ccccc3C(=O)O)S(=O)(=O)c3cc(F)ccc3F)ccc2F)n1. The number of aromatic nitrogens is 3. The average Bonchev–Trinajstić information content (AvgIpc) is 3.42. The summed E-state index contributed by atoms with van der Waals surface area (Å²) in [5.41, 5.74) is 1.15. The van der Waals surface area contributed by atoms with E-state index in [4.69, 9.17) is 0 Å². The summed E-state index contributed by atoms with van der Waals surface area (Å²) in [6.45, 7) is 1.73. The Bertz CT molecular complexity index is 1900. The van der Waals surface area contributed by atoms with Gasteiger partial charge in [-0.25, -0.2) is 26.4 Å². The van der Waals surface area contributed by atoms with Gasteiger partial charge in [-0.3, -0.25) is 14.0 Å². The fourth-order valence-corrected chi connectivity index (χ4v) is 6.02. The normalized spacial score (nSPS) is 11.4. The van der Waals surface area contributed by atoms with Crippen LogP contribution < -0.4 is 4.31 Å². The van der Waals surface area contributed by atoms with Gasteiger partial charge in [0.25, 0.3) is 10.0 Å². The van der Waals surface area contributed by atoms with Crippen LogP contribution in [0.15, 0.2) is 96.3 Å². The topological polar surface area (TPSA) is 105 Å². The van der Waals surface area contributed by atoms with E-state index in [1.807, 2.05) is 6.92 Å². The first-order valence-electron chi connectivity index (χ1n) is 12.7. The number of benzene rings is 3. The molecule has 2 heterocycles. The third-order valence-corrected chi connectivity index (χ3v) is 8.38. The summed E-state index contributed by atoms with van der Waals surface area (Å²) in [5.74, 6) is -4.23. The van der Waals surface area contributed by atoms with Crippen molar-refractivity contribution >= 4 is 21.7 Å². The molecule has 3 aromatic carbocycles. The molecule has 214 valence electrons. The van der Waals surface area contributed by atoms with E-state index in [0.717, 1.165) is 16.4 Å². The smallest absolute Gasteiger partial charge is 0.336 e. The third-order valence-electron chi connectivity index (χ3n) is 6.59. The number of aromatic carboxylic acids is 1. The van der Waals surface area contributed by atoms with E-state index in [2.05, 4.69) is 10.1 Å². The number of halogens is 3. The lowest BCUT2D eigenvalue weighted by atomic mass is 10.0. The van der Waals surface area contributed by atoms with Crippen LogP contribution in [0.5, 0.6) is 0 Å². The van der Waals surface area contributed by atoms with Gasteiger partial charge in [0.15, 0.2) is 0 Å². The first-order valence-corrected chi connectivity index (χ1v) is 14.1. The number of hydrogen-bond donors (Lipinski definition) is 1. The Morgan fingerprint density at radius 3 is 2.36 bits per heavy atom. The second kappa shape index (κ2) is 11.5. The molecule has 8 nitrogen and oxygen atoms in total. The Balaban J connectivity index is 1.72. The number of nitrogens with zero attached hydrogens (tertiary/aromatic N) is 4. The summed E-state index contributed by atoms with van der Waals surface area (Å²) in [6, 6.07) is 14.6. The molecular formula is C30H23F3N4O4S. The highest BCUT2D eigenvalue weighted by Crippen LogP contribution is 2.37. The molecule has 1 N–H and O–H groups in total. The Morgan fingerprint density at radius 1 is 0.929 bits per heavy atom. The maximum Gasteiger partial charge on any atom is 0.336 e. The zero-order valence-electron chi connectivity index (χ0n) is 22.1. The molecule has 0 aliphatic heterocycles. The van der Waals surface area contributed by atoms with Gasteiger partial charge in [-0.15, -0.1) is 0 Å². The Hall–Kier alpha value is -4.97. The highest BCUT2D eigenvalue weighted by molar-refractivity contribution is 7.92. The maximum absolute atomic E-state index is 15.4. The molecule has 0 spiro atoms. The number of hydrogen-bond acceptors (Lipinski definition) is 5. The van der Waals surface area contributed by atoms with Crippen molar-refractivity contribution in [1.82, 2.24) is 14.8 Å². The van der Waals surface area contributed by atoms with Crippen molar-refractivity contribution < 1.29 is 31.5 Å². The van der Waals surface area contributed by atoms with E-state index in [1.54, 1.807) is 35.4 Å². The van der Waals surface area contributed by atoms with Gasteiger partial charge < -0.3 is 5.11 Å². The third kappa shape index (κ3) is 5.48. The minimum Gasteiger partial charge on any atom is -0.478 e. The summed E-state index contributed by atoms with van der Waals surface area (Å²) in [6.07, 6.45) is 4.85. The van der Waals surface area contributed by atoms with Gasteiger partial charge in [0.2, 0.25) is 0 Å². The molecule has 0 bridgehead atoms. The highest BCUT2D eigenvalue weighted by Gasteiger charge is 2.31. The molecule has 42 heavy (non-hydrogen) atoms. The number of carboxylic acid groups (broad SMARTS) is 1. The Labute approximate surface area is 239 Å². The summed E-state index contributed by atoms with van der Waals surface area (Å²) in [7, 11) is -4.85. The molecule has 0 saturated heterocycles. The number of pyridine rings is 1. The molecule has 0 amide bonds. The second-order valence-corrected chi connectivity index (χ2v) is 11.0. The van der Waals surface area contributed by atoms with E-state index >= 15 is 4.39 Å². The zero-order chi connectivity index (χ0) is 30.0. The molecular weight excluding hydrogens is 569 g/mol. The summed E-state index contributed by atoms with van der Waals surface area (Å²) in [5, 5.41) is 14.2. The van der Waals surface area contributed by atoms with Gasteiger partial charge in [-0.1, -0.05) is 18.2 Å². The van der Waals surface area contributed by atoms with Gasteiger partial charge in [0, 0.05) is 36.3 Å². The number of carboxylic acids is 1. The molecule has 5 aromatic rings. The van der Waals surface area contributed by atoms with E-state index in [-0.39, 0.29) is 28.1 Å². The van der Waals surface area contributed by atoms with Crippen LogP contribution in [0.3, 0.4) is 0 Å². The van der Waals surface area contributed by atoms with Crippen molar-refractivity contribution in [3.63, 3.8) is 0 Å². The van der Waals surface area contributed by atoms with Gasteiger partial charge in [0.05, 0.1) is 17.8 Å². The lowest BCUT2D eigenvalue weighted by molar-refractivity contribution is 0.0695. The molecule has 2 aromatic heterocycles. The molecule has 0 fully saturated rings. The van der Waals surface area contributed by atoms with Crippen LogP contribution in [0, 0.1) is 17.5 Å². The summed E-state index contributed by atoms with van der Waals surface area (Å²) < 4.78 is 74.5. The molecule has 12 heteroatoms. The van der Waals surface area contributed by atoms with Gasteiger partial charge in [-0.05, 0) is 72.6 Å². The molecule has 0 unspecified atom stereocenters. The first kappa shape index (κ1) is 28.6. The van der Waals surface area contributed by atoms with Gasteiger partial charge in [0.1, 0.15) is 28.0 Å². The monoisotopic (exact) mass is 592 g/mol. The van der Waals surface area contributed by atoms with Crippen molar-refractivity contribution in [1.29, 1.82) is 0 Å². The number of carbonyl (C=O) groups is 1. The fourth-order valence-electron chi connectivity index (χ4n) is 4.51. The number of anilines is 1. The van der Waals surface area contributed by atoms with E-state index < -0.39 is 44.9 Å². The standard InChI is InChI=1S/C30H23F3N4O4S/c1-2-36-18-25(19-11-13-34-14-12-19)29(35-36)24-16-22(8-10-26(24)32)37(17-20-5-3-4-6-23(20)30(38)39)42(40,41)28-15-21(31)7-9-27(28)33/h3-16,18H,2,17H2,1H3,(H,38,39). The first-order chi connectivity index (χ1) is 20.1. The van der Waals surface area contributed by atoms with Crippen molar-refractivity contribution in [3.05, 3.63) is 120 Å². The minimum atomic E-state index is -4.85. The Morgan fingerprint density at radius 2 is 1.64 bits per heavy atom. The maximum atomic E-state index is 15.4. The van der Waals surface area contributed by atoms with Crippen LogP contribution in [0.25, 0.3) is 22.4 Å². The minimum absolute atomic E-state index is 0.0575. The van der Waals surface area contributed by atoms with Crippen molar-refractivity contribution in [2.75, 3.05) is 4.31 Å². The molecule has 0 aliphatic carbocycles. The molecule has 5 rings (SSSR count). The second-order valence-electron chi connectivity index (χ2n) is 9.20. The summed E-state index contributed by atoms with van der Waals surface area (Å²) >= 11 is 0. The van der Waals surface area contributed by atoms with Crippen LogP contribution in [-0.2, 0) is 23.1 Å². The van der Waals surface area contributed by atoms with Crippen LogP contribution in [0.4, 0.5) is 18.9 Å². The number of rotatable bonds is 9. The largest absolute Gasteiger partial charge is 0.478 e. The van der Waals surface area contributed by atoms with Crippen LogP contribution >= 0.6 is 0 Å². The van der Waals surface area contributed by atoms with Crippen LogP contribution in [0.1, 0.15) is 22.8 Å². The highest BCUT2D eigenvalue weighted by atomic mass is 32.2. The number of sulfonamides is 1. The molecule has 0 radical (unpaired) electrons. The predicted octanol–water partition coefficient (Wildman–Crippen LogP) is 6.14. The predicted molar refractivity (Wildman–Crippen MR) is 150 cm³/mol. The fraction of sp³-hybridized carbons (Fsp3) is 0.100. The van der Waals surface area contributed by atoms with Crippen LogP contribution in [-0.4, -0.2) is 34.3 Å². The van der Waals surface area contributed by atoms with Crippen molar-refractivity contribution in [3.8, 4) is 22.4 Å². The quantitative estimate of drug-likeness (QED) is 0.220. The lowest BCUT2D eigenvalue weighted by Crippen LogP contribution is -2.32. The lowest BCUT2D eigenvalue weighted by Gasteiger charge is -2.26. The van der Waals surface area contributed by atoms with E-state index in [1.165, 1.54) is 36.4 Å². The summed E-state index contributed by atoms with van der Waals surface area (Å²) in [4.78, 5) is 14.9. The van der Waals surface area contributed by atoms with Gasteiger partial charge in [-0.2, -0.15) is 5.10 Å². The van der Waals surface area contributed by atoms with Crippen molar-refractivity contribution in [2.24, 2.45) is 0 Å². The van der Waals surface area contributed by atoms with E-state index in [0.29, 0.717) is 29.8 Å². The molecule has 0 atom stereocenters. The Kier molecular flexibility index (Phi) is 7.81. The van der Waals surface area contributed by atoms with E-state index in [9.17, 15) is 27.1 Å².